The Balaban J connectivity index is 1.67. The number of rotatable bonds is 6. The van der Waals surface area contributed by atoms with Gasteiger partial charge in [-0.05, 0) is 36.8 Å². The maximum absolute atomic E-state index is 13.0. The molecule has 3 rings (SSSR count). The number of nitrogens with zero attached hydrogens (tertiary/aromatic N) is 4. The van der Waals surface area contributed by atoms with Gasteiger partial charge in [0.1, 0.15) is 16.8 Å². The molecule has 2 aromatic heterocycles. The van der Waals surface area contributed by atoms with Crippen molar-refractivity contribution in [2.45, 2.75) is 19.9 Å². The molecule has 0 saturated carbocycles. The first-order chi connectivity index (χ1) is 12.9. The molecule has 2 heterocycles. The van der Waals surface area contributed by atoms with Crippen LogP contribution in [-0.2, 0) is 20.0 Å². The number of aryl methyl sites for hydroxylation is 1. The van der Waals surface area contributed by atoms with Gasteiger partial charge >= 0.3 is 0 Å². The summed E-state index contributed by atoms with van der Waals surface area (Å²) in [6, 6.07) is 6.05. The fraction of sp³-hybridized carbons (Fsp3) is 0.294. The molecule has 0 aliphatic heterocycles. The molecule has 2 N–H and O–H groups in total. The van der Waals surface area contributed by atoms with E-state index in [1.165, 1.54) is 16.8 Å². The summed E-state index contributed by atoms with van der Waals surface area (Å²) in [4.78, 5) is 12.5. The van der Waals surface area contributed by atoms with Gasteiger partial charge in [-0.15, -0.1) is 0 Å². The van der Waals surface area contributed by atoms with E-state index >= 15 is 0 Å². The second kappa shape index (κ2) is 8.01. The monoisotopic (exact) mass is 408 g/mol. The fourth-order valence-electron chi connectivity index (χ4n) is 2.66. The van der Waals surface area contributed by atoms with Gasteiger partial charge in [-0.2, -0.15) is 10.2 Å². The zero-order chi connectivity index (χ0) is 19.6. The van der Waals surface area contributed by atoms with Crippen molar-refractivity contribution in [1.29, 1.82) is 0 Å². The summed E-state index contributed by atoms with van der Waals surface area (Å²) in [5.74, 6) is 0.129. The third-order valence-corrected chi connectivity index (χ3v) is 4.89. The molecular weight excluding hydrogens is 391 g/mol. The summed E-state index contributed by atoms with van der Waals surface area (Å²) in [5.41, 5.74) is 1.69. The molecule has 27 heavy (non-hydrogen) atoms. The standard InChI is InChI=1S/C17H18ClFN6OS/c1-10-14(16(26)20-8-7-13-21-22-17(27)24(13)2)15(18)25(23-10)9-11-3-5-12(19)6-4-11/h3-6H,7-9H2,1-2H3,(H,20,26)(H,22,27). The molecule has 0 aliphatic rings. The van der Waals surface area contributed by atoms with E-state index in [1.807, 2.05) is 7.05 Å². The Bertz CT molecular complexity index is 1020. The number of hydrogen-bond acceptors (Lipinski definition) is 4. The maximum atomic E-state index is 13.0. The van der Waals surface area contributed by atoms with E-state index in [-0.39, 0.29) is 16.9 Å². The van der Waals surface area contributed by atoms with Crippen LogP contribution in [0.4, 0.5) is 4.39 Å². The van der Waals surface area contributed by atoms with Crippen LogP contribution in [0.5, 0.6) is 0 Å². The Labute approximate surface area is 165 Å². The van der Waals surface area contributed by atoms with Crippen molar-refractivity contribution in [3.63, 3.8) is 0 Å². The first kappa shape index (κ1) is 19.2. The van der Waals surface area contributed by atoms with Gasteiger partial charge in [0.2, 0.25) is 0 Å². The van der Waals surface area contributed by atoms with Crippen molar-refractivity contribution in [2.24, 2.45) is 7.05 Å². The predicted molar refractivity (Wildman–Crippen MR) is 102 cm³/mol. The lowest BCUT2D eigenvalue weighted by Crippen LogP contribution is -2.27. The minimum Gasteiger partial charge on any atom is -0.351 e. The average molecular weight is 409 g/mol. The Morgan fingerprint density at radius 1 is 1.37 bits per heavy atom. The maximum Gasteiger partial charge on any atom is 0.256 e. The molecule has 0 fully saturated rings. The molecule has 10 heteroatoms. The van der Waals surface area contributed by atoms with Gasteiger partial charge < -0.3 is 9.88 Å². The Morgan fingerprint density at radius 3 is 2.70 bits per heavy atom. The van der Waals surface area contributed by atoms with Gasteiger partial charge in [-0.3, -0.25) is 9.89 Å². The highest BCUT2D eigenvalue weighted by molar-refractivity contribution is 7.71. The number of carbonyl (C=O) groups excluding carboxylic acids is 1. The van der Waals surface area contributed by atoms with E-state index < -0.39 is 0 Å². The van der Waals surface area contributed by atoms with Gasteiger partial charge in [-0.1, -0.05) is 23.7 Å². The lowest BCUT2D eigenvalue weighted by Gasteiger charge is -2.06. The Morgan fingerprint density at radius 2 is 2.07 bits per heavy atom. The van der Waals surface area contributed by atoms with E-state index in [2.05, 4.69) is 20.6 Å². The highest BCUT2D eigenvalue weighted by atomic mass is 35.5. The molecule has 7 nitrogen and oxygen atoms in total. The van der Waals surface area contributed by atoms with Crippen molar-refractivity contribution in [3.8, 4) is 0 Å². The zero-order valence-electron chi connectivity index (χ0n) is 14.8. The lowest BCUT2D eigenvalue weighted by molar-refractivity contribution is 0.0953. The van der Waals surface area contributed by atoms with Crippen LogP contribution in [-0.4, -0.2) is 37.0 Å². The lowest BCUT2D eigenvalue weighted by atomic mass is 10.2. The zero-order valence-corrected chi connectivity index (χ0v) is 16.4. The van der Waals surface area contributed by atoms with E-state index in [9.17, 15) is 9.18 Å². The number of hydrogen-bond donors (Lipinski definition) is 2. The molecule has 0 radical (unpaired) electrons. The van der Waals surface area contributed by atoms with Crippen molar-refractivity contribution in [1.82, 2.24) is 29.9 Å². The van der Waals surface area contributed by atoms with Crippen LogP contribution in [0.3, 0.4) is 0 Å². The van der Waals surface area contributed by atoms with E-state index in [4.69, 9.17) is 23.8 Å². The number of carbonyl (C=O) groups is 1. The number of H-pyrrole nitrogens is 1. The molecule has 0 bridgehead atoms. The molecule has 0 unspecified atom stereocenters. The summed E-state index contributed by atoms with van der Waals surface area (Å²) in [7, 11) is 1.81. The minimum absolute atomic E-state index is 0.243. The van der Waals surface area contributed by atoms with E-state index in [0.717, 1.165) is 11.4 Å². The summed E-state index contributed by atoms with van der Waals surface area (Å²) in [6.45, 7) is 2.45. The molecule has 1 aromatic carbocycles. The van der Waals surface area contributed by atoms with Gasteiger partial charge in [0.15, 0.2) is 4.77 Å². The summed E-state index contributed by atoms with van der Waals surface area (Å²) in [6.07, 6.45) is 0.524. The highest BCUT2D eigenvalue weighted by Crippen LogP contribution is 2.21. The number of aromatic nitrogens is 5. The van der Waals surface area contributed by atoms with Crippen LogP contribution in [0.15, 0.2) is 24.3 Å². The highest BCUT2D eigenvalue weighted by Gasteiger charge is 2.20. The van der Waals surface area contributed by atoms with E-state index in [1.54, 1.807) is 23.6 Å². The molecule has 142 valence electrons. The fourth-order valence-corrected chi connectivity index (χ4v) is 3.13. The number of aromatic amines is 1. The van der Waals surface area contributed by atoms with E-state index in [0.29, 0.717) is 35.5 Å². The van der Waals surface area contributed by atoms with Crippen LogP contribution >= 0.6 is 23.8 Å². The topological polar surface area (TPSA) is 80.5 Å². The average Bonchev–Trinajstić information content (AvgIpc) is 3.09. The molecule has 1 amide bonds. The number of nitrogens with one attached hydrogen (secondary N) is 2. The second-order valence-corrected chi connectivity index (χ2v) is 6.79. The molecule has 0 atom stereocenters. The van der Waals surface area contributed by atoms with Crippen molar-refractivity contribution in [3.05, 3.63) is 62.7 Å². The third-order valence-electron chi connectivity index (χ3n) is 4.14. The number of benzene rings is 1. The molecule has 3 aromatic rings. The number of halogens is 2. The molecule has 0 saturated heterocycles. The first-order valence-corrected chi connectivity index (χ1v) is 9.01. The van der Waals surface area contributed by atoms with Gasteiger partial charge in [0.25, 0.3) is 5.91 Å². The van der Waals surface area contributed by atoms with Crippen LogP contribution in [0.25, 0.3) is 0 Å². The minimum atomic E-state index is -0.310. The molecule has 0 aliphatic carbocycles. The van der Waals surface area contributed by atoms with Crippen LogP contribution in [0, 0.1) is 17.5 Å². The van der Waals surface area contributed by atoms with Gasteiger partial charge in [-0.25, -0.2) is 9.07 Å². The largest absolute Gasteiger partial charge is 0.351 e. The SMILES string of the molecule is Cc1nn(Cc2ccc(F)cc2)c(Cl)c1C(=O)NCCc1n[nH]c(=S)n1C. The summed E-state index contributed by atoms with van der Waals surface area (Å²) < 4.78 is 16.8. The summed E-state index contributed by atoms with van der Waals surface area (Å²) in [5, 5.41) is 14.2. The quantitative estimate of drug-likeness (QED) is 0.614. The van der Waals surface area contributed by atoms with Crippen molar-refractivity contribution >= 4 is 29.7 Å². The first-order valence-electron chi connectivity index (χ1n) is 8.22. The van der Waals surface area contributed by atoms with Crippen molar-refractivity contribution < 1.29 is 9.18 Å². The smallest absolute Gasteiger partial charge is 0.256 e. The Hall–Kier alpha value is -2.52. The molecule has 0 spiro atoms. The van der Waals surface area contributed by atoms with Crippen LogP contribution in [0.1, 0.15) is 27.4 Å². The summed E-state index contributed by atoms with van der Waals surface area (Å²) >= 11 is 11.4. The van der Waals surface area contributed by atoms with Crippen molar-refractivity contribution in [2.75, 3.05) is 6.54 Å². The third kappa shape index (κ3) is 4.25. The van der Waals surface area contributed by atoms with Gasteiger partial charge in [0.05, 0.1) is 17.8 Å². The Kier molecular flexibility index (Phi) is 5.71. The normalized spacial score (nSPS) is 11.0. The van der Waals surface area contributed by atoms with Crippen LogP contribution < -0.4 is 5.32 Å². The predicted octanol–water partition coefficient (Wildman–Crippen LogP) is 2.80. The number of amides is 1. The van der Waals surface area contributed by atoms with Crippen LogP contribution in [0.2, 0.25) is 5.15 Å². The van der Waals surface area contributed by atoms with Gasteiger partial charge in [0, 0.05) is 20.0 Å². The molecular formula is C17H18ClFN6OS. The second-order valence-electron chi connectivity index (χ2n) is 6.05.